The molecule has 1 atom stereocenters. The van der Waals surface area contributed by atoms with E-state index in [2.05, 4.69) is 10.00 Å². The number of aryl methyl sites for hydroxylation is 1. The summed E-state index contributed by atoms with van der Waals surface area (Å²) in [7, 11) is 0. The molecule has 2 aromatic heterocycles. The number of aromatic nitrogens is 2. The van der Waals surface area contributed by atoms with E-state index >= 15 is 0 Å². The largest absolute Gasteiger partial charge is 0.479 e. The molecule has 1 saturated heterocycles. The second-order valence-electron chi connectivity index (χ2n) is 8.87. The van der Waals surface area contributed by atoms with E-state index in [0.717, 1.165) is 16.8 Å². The molecule has 3 aromatic rings. The summed E-state index contributed by atoms with van der Waals surface area (Å²) in [4.78, 5) is 38.4. The van der Waals surface area contributed by atoms with Crippen molar-refractivity contribution in [2.24, 2.45) is 0 Å². The van der Waals surface area contributed by atoms with Gasteiger partial charge in [0.2, 0.25) is 5.78 Å². The van der Waals surface area contributed by atoms with Gasteiger partial charge in [0.15, 0.2) is 18.1 Å². The number of aldehydes is 1. The number of nitrogens with zero attached hydrogens (tertiary/aromatic N) is 3. The molecule has 0 saturated carbocycles. The number of carbonyl (C=O) groups excluding carboxylic acids is 2. The Morgan fingerprint density at radius 3 is 2.56 bits per heavy atom. The van der Waals surface area contributed by atoms with E-state index in [4.69, 9.17) is 15.2 Å². The van der Waals surface area contributed by atoms with Crippen LogP contribution in [0.1, 0.15) is 39.3 Å². The van der Waals surface area contributed by atoms with Gasteiger partial charge in [0, 0.05) is 32.5 Å². The van der Waals surface area contributed by atoms with Gasteiger partial charge in [-0.1, -0.05) is 30.3 Å². The highest BCUT2D eigenvalue weighted by Crippen LogP contribution is 2.37. The molecule has 1 unspecified atom stereocenters. The van der Waals surface area contributed by atoms with Gasteiger partial charge in [-0.05, 0) is 25.0 Å². The van der Waals surface area contributed by atoms with Crippen molar-refractivity contribution in [3.8, 4) is 5.75 Å². The molecule has 1 aromatic carbocycles. The third kappa shape index (κ3) is 5.09. The third-order valence-electron chi connectivity index (χ3n) is 6.53. The number of hydrogen-bond acceptors (Lipinski definition) is 8. The van der Waals surface area contributed by atoms with Crippen LogP contribution in [0.25, 0.3) is 5.52 Å². The number of nitrogens with two attached hydrogens (primary N) is 1. The number of carboxylic acids is 1. The summed E-state index contributed by atoms with van der Waals surface area (Å²) in [6, 6.07) is 9.76. The Morgan fingerprint density at radius 1 is 1.22 bits per heavy atom. The van der Waals surface area contributed by atoms with Crippen molar-refractivity contribution in [1.82, 2.24) is 14.5 Å². The SMILES string of the molecule is Cc1nn2c(Cc3ccccc3)c(C)c(N)c2c(OC(CCN2CCOCC2)C(=O)O)c1C(=O)C=O. The highest BCUT2D eigenvalue weighted by Gasteiger charge is 2.30. The minimum absolute atomic E-state index is 0.0334. The lowest BCUT2D eigenvalue weighted by molar-refractivity contribution is -0.145. The zero-order valence-corrected chi connectivity index (χ0v) is 20.4. The zero-order valence-electron chi connectivity index (χ0n) is 20.4. The van der Waals surface area contributed by atoms with Gasteiger partial charge in [0.05, 0.1) is 35.9 Å². The molecule has 1 aliphatic heterocycles. The smallest absolute Gasteiger partial charge is 0.344 e. The molecule has 3 heterocycles. The number of aliphatic carboxylic acids is 1. The van der Waals surface area contributed by atoms with Gasteiger partial charge in [0.25, 0.3) is 0 Å². The van der Waals surface area contributed by atoms with Crippen LogP contribution in [0.3, 0.4) is 0 Å². The summed E-state index contributed by atoms with van der Waals surface area (Å²) < 4.78 is 13.0. The lowest BCUT2D eigenvalue weighted by atomic mass is 10.1. The zero-order chi connectivity index (χ0) is 25.8. The van der Waals surface area contributed by atoms with Crippen molar-refractivity contribution in [1.29, 1.82) is 0 Å². The summed E-state index contributed by atoms with van der Waals surface area (Å²) in [5.41, 5.74) is 9.82. The number of carbonyl (C=O) groups is 3. The molecule has 3 N–H and O–H groups in total. The highest BCUT2D eigenvalue weighted by molar-refractivity contribution is 6.35. The Kier molecular flexibility index (Phi) is 7.66. The summed E-state index contributed by atoms with van der Waals surface area (Å²) in [6.07, 6.45) is -0.400. The van der Waals surface area contributed by atoms with Gasteiger partial charge in [-0.2, -0.15) is 5.10 Å². The molecule has 10 nitrogen and oxygen atoms in total. The van der Waals surface area contributed by atoms with Gasteiger partial charge < -0.3 is 20.3 Å². The molecular formula is C26H30N4O6. The van der Waals surface area contributed by atoms with Crippen LogP contribution >= 0.6 is 0 Å². The highest BCUT2D eigenvalue weighted by atomic mass is 16.5. The monoisotopic (exact) mass is 494 g/mol. The molecule has 0 aliphatic carbocycles. The number of Topliss-reactive ketones (excluding diaryl/α,β-unsaturated/α-hetero) is 1. The maximum atomic E-state index is 12.6. The first-order valence-electron chi connectivity index (χ1n) is 11.8. The average Bonchev–Trinajstić information content (AvgIpc) is 3.11. The Morgan fingerprint density at radius 2 is 1.92 bits per heavy atom. The molecule has 4 rings (SSSR count). The molecule has 190 valence electrons. The number of benzene rings is 1. The van der Waals surface area contributed by atoms with E-state index in [1.807, 2.05) is 37.3 Å². The fraction of sp³-hybridized carbons (Fsp3) is 0.385. The predicted octanol–water partition coefficient (Wildman–Crippen LogP) is 2.06. The Labute approximate surface area is 208 Å². The summed E-state index contributed by atoms with van der Waals surface area (Å²) >= 11 is 0. The molecule has 0 amide bonds. The lowest BCUT2D eigenvalue weighted by Gasteiger charge is -2.28. The number of ether oxygens (including phenoxy) is 2. The molecule has 0 bridgehead atoms. The van der Waals surface area contributed by atoms with Gasteiger partial charge in [-0.15, -0.1) is 0 Å². The number of fused-ring (bicyclic) bond motifs is 1. The predicted molar refractivity (Wildman–Crippen MR) is 133 cm³/mol. The first-order valence-corrected chi connectivity index (χ1v) is 11.8. The van der Waals surface area contributed by atoms with E-state index in [0.29, 0.717) is 45.0 Å². The first-order chi connectivity index (χ1) is 17.3. The van der Waals surface area contributed by atoms with E-state index < -0.39 is 17.9 Å². The molecule has 36 heavy (non-hydrogen) atoms. The quantitative estimate of drug-likeness (QED) is 0.246. The van der Waals surface area contributed by atoms with Crippen LogP contribution in [0, 0.1) is 13.8 Å². The molecule has 0 spiro atoms. The van der Waals surface area contributed by atoms with E-state index in [9.17, 15) is 19.5 Å². The average molecular weight is 495 g/mol. The topological polar surface area (TPSA) is 136 Å². The normalized spacial score (nSPS) is 15.1. The van der Waals surface area contributed by atoms with Crippen LogP contribution in [-0.4, -0.2) is 76.6 Å². The number of anilines is 1. The van der Waals surface area contributed by atoms with Crippen molar-refractivity contribution >= 4 is 29.2 Å². The summed E-state index contributed by atoms with van der Waals surface area (Å²) in [5.74, 6) is -2.06. The van der Waals surface area contributed by atoms with Gasteiger partial charge in [0.1, 0.15) is 5.52 Å². The lowest BCUT2D eigenvalue weighted by Crippen LogP contribution is -2.40. The molecule has 10 heteroatoms. The number of carboxylic acid groups (broad SMARTS) is 1. The maximum Gasteiger partial charge on any atom is 0.344 e. The van der Waals surface area contributed by atoms with Crippen molar-refractivity contribution < 1.29 is 29.0 Å². The molecule has 0 radical (unpaired) electrons. The van der Waals surface area contributed by atoms with Gasteiger partial charge in [-0.25, -0.2) is 9.31 Å². The second-order valence-corrected chi connectivity index (χ2v) is 8.87. The minimum atomic E-state index is -1.26. The van der Waals surface area contributed by atoms with E-state index in [1.54, 1.807) is 11.4 Å². The molecule has 1 aliphatic rings. The van der Waals surface area contributed by atoms with Crippen LogP contribution in [0.2, 0.25) is 0 Å². The van der Waals surface area contributed by atoms with Crippen LogP contribution in [0.4, 0.5) is 5.69 Å². The standard InChI is InChI=1S/C26H30N4O6/c1-16-19(14-18-6-4-3-5-7-18)30-24(23(16)27)25(22(17(2)28-30)20(32)15-31)36-21(26(33)34)8-9-29-10-12-35-13-11-29/h3-7,15,21H,8-14,27H2,1-2H3,(H,33,34). The number of rotatable bonds is 10. The Hall–Kier alpha value is -3.76. The molecular weight excluding hydrogens is 464 g/mol. The fourth-order valence-corrected chi connectivity index (χ4v) is 4.51. The van der Waals surface area contributed by atoms with Crippen LogP contribution in [0.15, 0.2) is 30.3 Å². The maximum absolute atomic E-state index is 12.6. The van der Waals surface area contributed by atoms with Crippen molar-refractivity contribution in [3.05, 3.63) is 58.4 Å². The van der Waals surface area contributed by atoms with Crippen LogP contribution in [0.5, 0.6) is 5.75 Å². The van der Waals surface area contributed by atoms with Crippen LogP contribution < -0.4 is 10.5 Å². The molecule has 1 fully saturated rings. The van der Waals surface area contributed by atoms with Crippen LogP contribution in [-0.2, 0) is 20.7 Å². The Balaban J connectivity index is 1.79. The third-order valence-corrected chi connectivity index (χ3v) is 6.53. The summed E-state index contributed by atoms with van der Waals surface area (Å²) in [6.45, 7) is 6.49. The minimum Gasteiger partial charge on any atom is -0.479 e. The fourth-order valence-electron chi connectivity index (χ4n) is 4.51. The van der Waals surface area contributed by atoms with Crippen molar-refractivity contribution in [2.75, 3.05) is 38.6 Å². The van der Waals surface area contributed by atoms with Crippen molar-refractivity contribution in [3.63, 3.8) is 0 Å². The van der Waals surface area contributed by atoms with Gasteiger partial charge >= 0.3 is 5.97 Å². The van der Waals surface area contributed by atoms with Crippen molar-refractivity contribution in [2.45, 2.75) is 32.8 Å². The number of ketones is 1. The Bertz CT molecular complexity index is 1280. The number of hydrogen-bond donors (Lipinski definition) is 2. The first kappa shape index (κ1) is 25.3. The summed E-state index contributed by atoms with van der Waals surface area (Å²) in [5, 5.41) is 14.5. The number of morpholine rings is 1. The second kappa shape index (κ2) is 10.9. The number of nitrogen functional groups attached to an aromatic ring is 1. The van der Waals surface area contributed by atoms with E-state index in [1.165, 1.54) is 0 Å². The van der Waals surface area contributed by atoms with E-state index in [-0.39, 0.29) is 35.2 Å². The van der Waals surface area contributed by atoms with Gasteiger partial charge in [-0.3, -0.25) is 14.5 Å².